The fraction of sp³-hybridized carbons (Fsp3) is 0.286. The molecule has 0 aliphatic carbocycles. The van der Waals surface area contributed by atoms with Crippen molar-refractivity contribution in [2.75, 3.05) is 23.7 Å². The van der Waals surface area contributed by atoms with Crippen molar-refractivity contribution in [1.29, 1.82) is 0 Å². The number of nitrogens with zero attached hydrogens (tertiary/aromatic N) is 4. The molecule has 4 rings (SSSR count). The van der Waals surface area contributed by atoms with Crippen molar-refractivity contribution in [3.8, 4) is 5.69 Å². The Kier molecular flexibility index (Phi) is 6.54. The van der Waals surface area contributed by atoms with Crippen molar-refractivity contribution >= 4 is 35.2 Å². The van der Waals surface area contributed by atoms with Gasteiger partial charge in [0.2, 0.25) is 11.9 Å². The van der Waals surface area contributed by atoms with Gasteiger partial charge in [0.1, 0.15) is 5.82 Å². The Morgan fingerprint density at radius 1 is 1.10 bits per heavy atom. The second kappa shape index (κ2) is 9.49. The SMILES string of the molecule is O=C(CSc1nnc(N2CCCC2)n1-c1ccccc1Cl)NCc1ccc(F)cc1. The number of rotatable bonds is 7. The molecule has 6 nitrogen and oxygen atoms in total. The minimum atomic E-state index is -0.298. The van der Waals surface area contributed by atoms with E-state index in [-0.39, 0.29) is 17.5 Å². The molecule has 2 aromatic carbocycles. The molecule has 0 unspecified atom stereocenters. The van der Waals surface area contributed by atoms with Crippen LogP contribution in [0, 0.1) is 5.82 Å². The van der Waals surface area contributed by atoms with Gasteiger partial charge in [-0.05, 0) is 42.7 Å². The first-order valence-electron chi connectivity index (χ1n) is 9.71. The summed E-state index contributed by atoms with van der Waals surface area (Å²) in [6, 6.07) is 13.6. The first-order chi connectivity index (χ1) is 14.6. The first kappa shape index (κ1) is 20.7. The van der Waals surface area contributed by atoms with Crippen LogP contribution in [-0.4, -0.2) is 39.5 Å². The lowest BCUT2D eigenvalue weighted by Crippen LogP contribution is -2.25. The molecule has 1 aliphatic rings. The smallest absolute Gasteiger partial charge is 0.232 e. The van der Waals surface area contributed by atoms with Gasteiger partial charge in [-0.1, -0.05) is 47.6 Å². The minimum absolute atomic E-state index is 0.138. The van der Waals surface area contributed by atoms with Crippen LogP contribution in [0.3, 0.4) is 0 Å². The highest BCUT2D eigenvalue weighted by Gasteiger charge is 2.23. The molecule has 1 saturated heterocycles. The van der Waals surface area contributed by atoms with E-state index in [2.05, 4.69) is 20.4 Å². The van der Waals surface area contributed by atoms with E-state index in [4.69, 9.17) is 11.6 Å². The molecule has 9 heteroatoms. The van der Waals surface area contributed by atoms with Gasteiger partial charge in [-0.25, -0.2) is 4.39 Å². The number of hydrogen-bond donors (Lipinski definition) is 1. The number of benzene rings is 2. The highest BCUT2D eigenvalue weighted by atomic mass is 35.5. The number of thioether (sulfide) groups is 1. The number of carbonyl (C=O) groups excluding carboxylic acids is 1. The van der Waals surface area contributed by atoms with Gasteiger partial charge in [0.05, 0.1) is 16.5 Å². The summed E-state index contributed by atoms with van der Waals surface area (Å²) in [7, 11) is 0. The number of carbonyl (C=O) groups is 1. The van der Waals surface area contributed by atoms with Crippen LogP contribution in [0.4, 0.5) is 10.3 Å². The highest BCUT2D eigenvalue weighted by Crippen LogP contribution is 2.31. The van der Waals surface area contributed by atoms with Gasteiger partial charge in [-0.3, -0.25) is 9.36 Å². The summed E-state index contributed by atoms with van der Waals surface area (Å²) >= 11 is 7.76. The molecule has 3 aromatic rings. The third-order valence-corrected chi connectivity index (χ3v) is 6.08. The predicted molar refractivity (Wildman–Crippen MR) is 117 cm³/mol. The molecule has 1 amide bonds. The molecule has 2 heterocycles. The van der Waals surface area contributed by atoms with E-state index in [9.17, 15) is 9.18 Å². The maximum absolute atomic E-state index is 13.0. The van der Waals surface area contributed by atoms with Gasteiger partial charge in [-0.15, -0.1) is 10.2 Å². The van der Waals surface area contributed by atoms with Gasteiger partial charge < -0.3 is 10.2 Å². The summed E-state index contributed by atoms with van der Waals surface area (Å²) in [5.41, 5.74) is 1.63. The molecule has 0 saturated carbocycles. The standard InChI is InChI=1S/C21H21ClFN5OS/c22-17-5-1-2-6-18(17)28-20(27-11-3-4-12-27)25-26-21(28)30-14-19(29)24-13-15-7-9-16(23)10-8-15/h1-2,5-10H,3-4,11-14H2,(H,24,29). The monoisotopic (exact) mass is 445 g/mol. The van der Waals surface area contributed by atoms with Crippen molar-refractivity contribution in [1.82, 2.24) is 20.1 Å². The van der Waals surface area contributed by atoms with E-state index in [0.29, 0.717) is 16.7 Å². The van der Waals surface area contributed by atoms with Gasteiger partial charge in [0, 0.05) is 19.6 Å². The Morgan fingerprint density at radius 3 is 2.57 bits per heavy atom. The van der Waals surface area contributed by atoms with Gasteiger partial charge >= 0.3 is 0 Å². The van der Waals surface area contributed by atoms with Crippen LogP contribution in [0.15, 0.2) is 53.7 Å². The van der Waals surface area contributed by atoms with Crippen LogP contribution < -0.4 is 10.2 Å². The number of aromatic nitrogens is 3. The summed E-state index contributed by atoms with van der Waals surface area (Å²) in [5.74, 6) is 0.493. The zero-order valence-corrected chi connectivity index (χ0v) is 17.8. The lowest BCUT2D eigenvalue weighted by Gasteiger charge is -2.19. The maximum atomic E-state index is 13.0. The van der Waals surface area contributed by atoms with E-state index in [0.717, 1.165) is 43.1 Å². The Bertz CT molecular complexity index is 1020. The highest BCUT2D eigenvalue weighted by molar-refractivity contribution is 7.99. The summed E-state index contributed by atoms with van der Waals surface area (Å²) in [4.78, 5) is 14.5. The third-order valence-electron chi connectivity index (χ3n) is 4.83. The number of para-hydroxylation sites is 1. The Balaban J connectivity index is 1.47. The largest absolute Gasteiger partial charge is 0.351 e. The minimum Gasteiger partial charge on any atom is -0.351 e. The number of halogens is 2. The van der Waals surface area contributed by atoms with Gasteiger partial charge in [-0.2, -0.15) is 0 Å². The zero-order valence-electron chi connectivity index (χ0n) is 16.2. The van der Waals surface area contributed by atoms with Crippen LogP contribution in [0.5, 0.6) is 0 Å². The Hall–Kier alpha value is -2.58. The number of nitrogens with one attached hydrogen (secondary N) is 1. The molecule has 30 heavy (non-hydrogen) atoms. The van der Waals surface area contributed by atoms with Gasteiger partial charge in [0.25, 0.3) is 0 Å². The molecule has 0 bridgehead atoms. The fourth-order valence-electron chi connectivity index (χ4n) is 3.31. The van der Waals surface area contributed by atoms with Crippen molar-refractivity contribution in [3.63, 3.8) is 0 Å². The molecule has 156 valence electrons. The summed E-state index contributed by atoms with van der Waals surface area (Å²) in [5, 5.41) is 12.8. The van der Waals surface area contributed by atoms with Crippen molar-refractivity contribution in [2.24, 2.45) is 0 Å². The molecule has 1 aliphatic heterocycles. The molecule has 1 N–H and O–H groups in total. The molecular formula is C21H21ClFN5OS. The van der Waals surface area contributed by atoms with E-state index >= 15 is 0 Å². The van der Waals surface area contributed by atoms with Crippen molar-refractivity contribution in [3.05, 3.63) is 64.9 Å². The van der Waals surface area contributed by atoms with Crippen LogP contribution in [0.25, 0.3) is 5.69 Å². The second-order valence-corrected chi connectivity index (χ2v) is 8.31. The van der Waals surface area contributed by atoms with Gasteiger partial charge in [0.15, 0.2) is 5.16 Å². The first-order valence-corrected chi connectivity index (χ1v) is 11.1. The number of amides is 1. The summed E-state index contributed by atoms with van der Waals surface area (Å²) < 4.78 is 14.9. The van der Waals surface area contributed by atoms with Crippen LogP contribution in [0.1, 0.15) is 18.4 Å². The van der Waals surface area contributed by atoms with E-state index in [1.807, 2.05) is 28.8 Å². The predicted octanol–water partition coefficient (Wildman–Crippen LogP) is 4.07. The summed E-state index contributed by atoms with van der Waals surface area (Å²) in [6.45, 7) is 2.19. The van der Waals surface area contributed by atoms with Crippen LogP contribution in [-0.2, 0) is 11.3 Å². The Morgan fingerprint density at radius 2 is 1.83 bits per heavy atom. The van der Waals surface area contributed by atoms with Crippen LogP contribution in [0.2, 0.25) is 5.02 Å². The normalized spacial score (nSPS) is 13.6. The maximum Gasteiger partial charge on any atom is 0.232 e. The lowest BCUT2D eigenvalue weighted by atomic mass is 10.2. The second-order valence-electron chi connectivity index (χ2n) is 6.96. The molecule has 0 atom stereocenters. The molecule has 1 aromatic heterocycles. The Labute approximate surface area is 183 Å². The van der Waals surface area contributed by atoms with E-state index in [1.54, 1.807) is 12.1 Å². The lowest BCUT2D eigenvalue weighted by molar-refractivity contribution is -0.118. The fourth-order valence-corrected chi connectivity index (χ4v) is 4.30. The molecule has 0 spiro atoms. The van der Waals surface area contributed by atoms with E-state index in [1.165, 1.54) is 23.9 Å². The molecule has 1 fully saturated rings. The molecule has 0 radical (unpaired) electrons. The zero-order chi connectivity index (χ0) is 20.9. The van der Waals surface area contributed by atoms with Crippen molar-refractivity contribution < 1.29 is 9.18 Å². The quantitative estimate of drug-likeness (QED) is 0.555. The number of anilines is 1. The average molecular weight is 446 g/mol. The topological polar surface area (TPSA) is 63.1 Å². The molecular weight excluding hydrogens is 425 g/mol. The number of hydrogen-bond acceptors (Lipinski definition) is 5. The third kappa shape index (κ3) is 4.76. The average Bonchev–Trinajstić information content (AvgIpc) is 3.42. The van der Waals surface area contributed by atoms with Crippen LogP contribution >= 0.6 is 23.4 Å². The van der Waals surface area contributed by atoms with Crippen molar-refractivity contribution in [2.45, 2.75) is 24.5 Å². The summed E-state index contributed by atoms with van der Waals surface area (Å²) in [6.07, 6.45) is 2.23. The van der Waals surface area contributed by atoms with E-state index < -0.39 is 0 Å².